The molecule has 2 nitrogen and oxygen atoms in total. The lowest BCUT2D eigenvalue weighted by Crippen LogP contribution is -1.92. The third-order valence-electron chi connectivity index (χ3n) is 4.04. The van der Waals surface area contributed by atoms with Crippen LogP contribution in [-0.4, -0.2) is 11.3 Å². The topological polar surface area (TPSA) is 32.9 Å². The van der Waals surface area contributed by atoms with Crippen LogP contribution in [0.2, 0.25) is 0 Å². The minimum atomic E-state index is 0.738. The Morgan fingerprint density at radius 2 is 1.61 bits per heavy atom. The van der Waals surface area contributed by atoms with E-state index < -0.39 is 0 Å². The molecule has 1 heterocycles. The monoisotopic (exact) mass is 523 g/mol. The van der Waals surface area contributed by atoms with E-state index in [9.17, 15) is 4.79 Å². The van der Waals surface area contributed by atoms with Gasteiger partial charge in [0.05, 0.1) is 5.52 Å². The molecule has 4 heteroatoms. The van der Waals surface area contributed by atoms with Crippen LogP contribution < -0.4 is 0 Å². The van der Waals surface area contributed by atoms with Crippen LogP contribution in [0.15, 0.2) is 54.6 Å². The molecule has 0 radical (unpaired) electrons. The molecule has 112 valence electrons. The predicted molar refractivity (Wildman–Crippen MR) is 112 cm³/mol. The highest BCUT2D eigenvalue weighted by Gasteiger charge is 2.13. The number of aromatic amines is 1. The average Bonchev–Trinajstić information content (AvgIpc) is 2.95. The Morgan fingerprint density at radius 3 is 2.43 bits per heavy atom. The minimum absolute atomic E-state index is 0.738. The van der Waals surface area contributed by atoms with Crippen molar-refractivity contribution < 1.29 is 4.79 Å². The fourth-order valence-corrected chi connectivity index (χ4v) is 4.33. The second kappa shape index (κ2) is 5.90. The lowest BCUT2D eigenvalue weighted by Gasteiger charge is -2.09. The molecule has 23 heavy (non-hydrogen) atoms. The van der Waals surface area contributed by atoms with Crippen LogP contribution in [0.1, 0.15) is 10.4 Å². The van der Waals surface area contributed by atoms with Gasteiger partial charge in [-0.3, -0.25) is 4.79 Å². The van der Waals surface area contributed by atoms with Gasteiger partial charge in [0.25, 0.3) is 0 Å². The first-order valence-corrected chi connectivity index (χ1v) is 9.29. The van der Waals surface area contributed by atoms with Gasteiger partial charge in [0.2, 0.25) is 0 Å². The van der Waals surface area contributed by atoms with Gasteiger partial charge in [0.1, 0.15) is 0 Å². The number of carbonyl (C=O) groups is 1. The summed E-state index contributed by atoms with van der Waals surface area (Å²) in [5.41, 5.74) is 5.34. The van der Waals surface area contributed by atoms with E-state index in [0.717, 1.165) is 35.6 Å². The summed E-state index contributed by atoms with van der Waals surface area (Å²) in [6, 6.07) is 18.8. The highest BCUT2D eigenvalue weighted by Crippen LogP contribution is 2.36. The molecule has 0 aliphatic carbocycles. The van der Waals surface area contributed by atoms with E-state index in [2.05, 4.69) is 92.6 Å². The van der Waals surface area contributed by atoms with Gasteiger partial charge in [-0.15, -0.1) is 0 Å². The number of para-hydroxylation sites is 2. The molecule has 0 unspecified atom stereocenters. The summed E-state index contributed by atoms with van der Waals surface area (Å²) < 4.78 is 2.05. The van der Waals surface area contributed by atoms with Crippen LogP contribution >= 0.6 is 45.2 Å². The van der Waals surface area contributed by atoms with Crippen LogP contribution in [0.4, 0.5) is 0 Å². The maximum atomic E-state index is 11.1. The molecule has 0 spiro atoms. The average molecular weight is 523 g/mol. The molecule has 0 atom stereocenters. The smallest absolute Gasteiger partial charge is 0.151 e. The summed E-state index contributed by atoms with van der Waals surface area (Å²) in [7, 11) is 0. The van der Waals surface area contributed by atoms with E-state index in [-0.39, 0.29) is 0 Å². The normalized spacial score (nSPS) is 11.2. The number of fused-ring (bicyclic) bond motifs is 3. The number of carbonyl (C=O) groups excluding carboxylic acids is 1. The lowest BCUT2D eigenvalue weighted by atomic mass is 10.0. The fourth-order valence-electron chi connectivity index (χ4n) is 2.96. The first kappa shape index (κ1) is 15.1. The van der Waals surface area contributed by atoms with Gasteiger partial charge < -0.3 is 4.98 Å². The molecule has 0 saturated heterocycles. The standard InChI is InChI=1S/C19H11I2NO/c20-16-9-15(17(21)8-11(16)10-23)14-6-3-5-13-12-4-1-2-7-18(12)22-19(13)14/h1-10,22H. The number of aromatic nitrogens is 1. The van der Waals surface area contributed by atoms with E-state index >= 15 is 0 Å². The highest BCUT2D eigenvalue weighted by atomic mass is 127. The molecule has 0 aliphatic heterocycles. The summed E-state index contributed by atoms with van der Waals surface area (Å²) in [5, 5.41) is 2.46. The number of H-pyrrole nitrogens is 1. The second-order valence-corrected chi connectivity index (χ2v) is 7.69. The van der Waals surface area contributed by atoms with E-state index in [0.29, 0.717) is 0 Å². The molecule has 0 amide bonds. The van der Waals surface area contributed by atoms with Gasteiger partial charge in [-0.25, -0.2) is 0 Å². The molecular formula is C19H11I2NO. The van der Waals surface area contributed by atoms with Crippen LogP contribution in [0.25, 0.3) is 32.9 Å². The molecule has 4 aromatic rings. The molecule has 0 aliphatic rings. The van der Waals surface area contributed by atoms with Crippen molar-refractivity contribution >= 4 is 73.3 Å². The third-order valence-corrected chi connectivity index (χ3v) is 5.87. The van der Waals surface area contributed by atoms with E-state index in [1.165, 1.54) is 16.3 Å². The van der Waals surface area contributed by atoms with Gasteiger partial charge in [-0.1, -0.05) is 36.4 Å². The van der Waals surface area contributed by atoms with Crippen molar-refractivity contribution in [3.63, 3.8) is 0 Å². The van der Waals surface area contributed by atoms with Crippen LogP contribution in [-0.2, 0) is 0 Å². The zero-order valence-electron chi connectivity index (χ0n) is 11.9. The SMILES string of the molecule is O=Cc1cc(I)c(-c2cccc3c2[nH]c2ccccc23)cc1I. The predicted octanol–water partition coefficient (Wildman–Crippen LogP) is 6.01. The summed E-state index contributed by atoms with van der Waals surface area (Å²) in [4.78, 5) is 14.7. The van der Waals surface area contributed by atoms with Gasteiger partial charge in [0.15, 0.2) is 6.29 Å². The number of benzene rings is 3. The van der Waals surface area contributed by atoms with Crippen molar-refractivity contribution in [1.29, 1.82) is 0 Å². The van der Waals surface area contributed by atoms with E-state index in [4.69, 9.17) is 0 Å². The largest absolute Gasteiger partial charge is 0.354 e. The first-order valence-electron chi connectivity index (χ1n) is 7.13. The maximum Gasteiger partial charge on any atom is 0.151 e. The Hall–Kier alpha value is -1.41. The van der Waals surface area contributed by atoms with Gasteiger partial charge in [-0.2, -0.15) is 0 Å². The third kappa shape index (κ3) is 2.48. The van der Waals surface area contributed by atoms with Crippen molar-refractivity contribution in [1.82, 2.24) is 4.98 Å². The van der Waals surface area contributed by atoms with Crippen molar-refractivity contribution in [2.45, 2.75) is 0 Å². The number of nitrogens with one attached hydrogen (secondary N) is 1. The van der Waals surface area contributed by atoms with E-state index in [1.807, 2.05) is 12.1 Å². The summed E-state index contributed by atoms with van der Waals surface area (Å²) in [6.45, 7) is 0. The van der Waals surface area contributed by atoms with Crippen molar-refractivity contribution in [2.24, 2.45) is 0 Å². The Balaban J connectivity index is 2.06. The number of hydrogen-bond donors (Lipinski definition) is 1. The van der Waals surface area contributed by atoms with Crippen LogP contribution in [0, 0.1) is 7.14 Å². The van der Waals surface area contributed by atoms with Crippen molar-refractivity contribution in [2.75, 3.05) is 0 Å². The molecular weight excluding hydrogens is 512 g/mol. The minimum Gasteiger partial charge on any atom is -0.354 e. The van der Waals surface area contributed by atoms with Crippen molar-refractivity contribution in [3.05, 3.63) is 67.3 Å². The van der Waals surface area contributed by atoms with Crippen LogP contribution in [0.3, 0.4) is 0 Å². The quantitative estimate of drug-likeness (QED) is 0.254. The number of aldehydes is 1. The van der Waals surface area contributed by atoms with Crippen molar-refractivity contribution in [3.8, 4) is 11.1 Å². The Kier molecular flexibility index (Phi) is 3.88. The molecule has 3 aromatic carbocycles. The zero-order valence-corrected chi connectivity index (χ0v) is 16.3. The number of rotatable bonds is 2. The Morgan fingerprint density at radius 1 is 0.826 bits per heavy atom. The van der Waals surface area contributed by atoms with Gasteiger partial charge in [0, 0.05) is 34.6 Å². The molecule has 0 saturated carbocycles. The molecule has 4 rings (SSSR count). The zero-order chi connectivity index (χ0) is 16.0. The molecule has 0 fully saturated rings. The lowest BCUT2D eigenvalue weighted by molar-refractivity contribution is 0.112. The molecule has 1 N–H and O–H groups in total. The second-order valence-electron chi connectivity index (χ2n) is 5.37. The first-order chi connectivity index (χ1) is 11.2. The van der Waals surface area contributed by atoms with E-state index in [1.54, 1.807) is 0 Å². The number of hydrogen-bond acceptors (Lipinski definition) is 1. The summed E-state index contributed by atoms with van der Waals surface area (Å²) in [6.07, 6.45) is 0.914. The summed E-state index contributed by atoms with van der Waals surface area (Å²) in [5.74, 6) is 0. The van der Waals surface area contributed by atoms with Crippen LogP contribution in [0.5, 0.6) is 0 Å². The number of halogens is 2. The highest BCUT2D eigenvalue weighted by molar-refractivity contribution is 14.1. The Bertz CT molecular complexity index is 1070. The fraction of sp³-hybridized carbons (Fsp3) is 0. The Labute approximate surface area is 160 Å². The summed E-state index contributed by atoms with van der Waals surface area (Å²) >= 11 is 4.53. The maximum absolute atomic E-state index is 11.1. The molecule has 1 aromatic heterocycles. The van der Waals surface area contributed by atoms with Gasteiger partial charge >= 0.3 is 0 Å². The molecule has 0 bridgehead atoms. The van der Waals surface area contributed by atoms with Gasteiger partial charge in [-0.05, 0) is 68.9 Å².